The van der Waals surface area contributed by atoms with E-state index in [-0.39, 0.29) is 30.5 Å². The van der Waals surface area contributed by atoms with E-state index in [0.29, 0.717) is 23.3 Å². The van der Waals surface area contributed by atoms with Crippen LogP contribution in [-0.2, 0) is 13.0 Å². The molecular formula is C28H31FN2O4. The Morgan fingerprint density at radius 1 is 1.11 bits per heavy atom. The van der Waals surface area contributed by atoms with Gasteiger partial charge in [0, 0.05) is 19.6 Å². The first-order chi connectivity index (χ1) is 17.0. The molecular weight excluding hydrogens is 447 g/mol. The number of hydrogen-bond acceptors (Lipinski definition) is 5. The van der Waals surface area contributed by atoms with Crippen LogP contribution >= 0.6 is 0 Å². The van der Waals surface area contributed by atoms with Crippen LogP contribution in [0.3, 0.4) is 0 Å². The summed E-state index contributed by atoms with van der Waals surface area (Å²) in [5.74, 6) is 2.16. The maximum absolute atomic E-state index is 14.6. The number of likely N-dealkylation sites (N-methyl/N-ethyl adjacent to an activating group) is 1. The molecule has 0 N–H and O–H groups in total. The lowest BCUT2D eigenvalue weighted by atomic mass is 9.84. The fourth-order valence-electron chi connectivity index (χ4n) is 5.25. The zero-order chi connectivity index (χ0) is 24.4. The minimum absolute atomic E-state index is 0.0830. The molecule has 1 amide bonds. The molecule has 184 valence electrons. The van der Waals surface area contributed by atoms with Crippen molar-refractivity contribution >= 4 is 5.91 Å². The third kappa shape index (κ3) is 5.05. The maximum atomic E-state index is 14.6. The van der Waals surface area contributed by atoms with E-state index in [1.165, 1.54) is 17.9 Å². The number of furan rings is 1. The highest BCUT2D eigenvalue weighted by Gasteiger charge is 2.33. The van der Waals surface area contributed by atoms with Crippen molar-refractivity contribution in [3.63, 3.8) is 0 Å². The van der Waals surface area contributed by atoms with E-state index in [1.54, 1.807) is 24.0 Å². The predicted octanol–water partition coefficient (Wildman–Crippen LogP) is 5.05. The van der Waals surface area contributed by atoms with Crippen LogP contribution in [0.1, 0.15) is 40.1 Å². The monoisotopic (exact) mass is 478 g/mol. The number of piperidine rings is 1. The van der Waals surface area contributed by atoms with Crippen LogP contribution in [0.5, 0.6) is 11.5 Å². The van der Waals surface area contributed by atoms with E-state index >= 15 is 0 Å². The number of ether oxygens (including phenoxy) is 2. The van der Waals surface area contributed by atoms with Crippen molar-refractivity contribution in [2.75, 3.05) is 26.9 Å². The van der Waals surface area contributed by atoms with Crippen molar-refractivity contribution in [3.05, 3.63) is 83.1 Å². The number of amides is 1. The lowest BCUT2D eigenvalue weighted by Crippen LogP contribution is -2.47. The molecule has 6 nitrogen and oxygen atoms in total. The van der Waals surface area contributed by atoms with Gasteiger partial charge in [0.05, 0.1) is 11.8 Å². The smallest absolute Gasteiger partial charge is 0.257 e. The van der Waals surface area contributed by atoms with Crippen molar-refractivity contribution in [1.29, 1.82) is 0 Å². The molecule has 2 aliphatic heterocycles. The summed E-state index contributed by atoms with van der Waals surface area (Å²) in [4.78, 5) is 17.5. The van der Waals surface area contributed by atoms with Crippen LogP contribution in [0.15, 0.2) is 59.2 Å². The Labute approximate surface area is 205 Å². The van der Waals surface area contributed by atoms with Crippen molar-refractivity contribution in [2.24, 2.45) is 5.92 Å². The van der Waals surface area contributed by atoms with Crippen molar-refractivity contribution in [1.82, 2.24) is 9.80 Å². The fourth-order valence-corrected chi connectivity index (χ4v) is 5.25. The summed E-state index contributed by atoms with van der Waals surface area (Å²) in [6, 6.07) is 14.6. The molecule has 0 bridgehead atoms. The Bertz CT molecular complexity index is 1190. The Hall–Kier alpha value is -3.32. The molecule has 2 aromatic carbocycles. The first-order valence-electron chi connectivity index (χ1n) is 12.1. The lowest BCUT2D eigenvalue weighted by Gasteiger charge is -2.40. The summed E-state index contributed by atoms with van der Waals surface area (Å²) in [6.45, 7) is 4.74. The van der Waals surface area contributed by atoms with Gasteiger partial charge in [-0.3, -0.25) is 9.69 Å². The molecule has 2 aliphatic rings. The molecule has 0 spiro atoms. The summed E-state index contributed by atoms with van der Waals surface area (Å²) in [6.07, 6.45) is 3.90. The molecule has 1 fully saturated rings. The second kappa shape index (κ2) is 10.1. The number of fused-ring (bicyclic) bond motifs is 1. The van der Waals surface area contributed by atoms with Gasteiger partial charge in [0.25, 0.3) is 5.91 Å². The van der Waals surface area contributed by atoms with Gasteiger partial charge in [0.2, 0.25) is 6.79 Å². The molecule has 35 heavy (non-hydrogen) atoms. The summed E-state index contributed by atoms with van der Waals surface area (Å²) >= 11 is 0. The normalized spacial score (nSPS) is 16.9. The van der Waals surface area contributed by atoms with Crippen molar-refractivity contribution in [3.8, 4) is 11.5 Å². The Balaban J connectivity index is 1.29. The highest BCUT2D eigenvalue weighted by molar-refractivity contribution is 5.95. The lowest BCUT2D eigenvalue weighted by molar-refractivity contribution is 0.0581. The molecule has 7 heteroatoms. The average molecular weight is 479 g/mol. The highest BCUT2D eigenvalue weighted by atomic mass is 19.1. The number of carbonyl (C=O) groups is 1. The molecule has 5 rings (SSSR count). The van der Waals surface area contributed by atoms with Gasteiger partial charge in [0.15, 0.2) is 11.5 Å². The number of carbonyl (C=O) groups excluding carboxylic acids is 1. The van der Waals surface area contributed by atoms with E-state index in [4.69, 9.17) is 13.9 Å². The van der Waals surface area contributed by atoms with E-state index in [9.17, 15) is 9.18 Å². The van der Waals surface area contributed by atoms with E-state index in [0.717, 1.165) is 44.0 Å². The third-order valence-electron chi connectivity index (χ3n) is 7.31. The fraction of sp³-hybridized carbons (Fsp3) is 0.393. The number of aryl methyl sites for hydroxylation is 1. The van der Waals surface area contributed by atoms with Gasteiger partial charge in [-0.25, -0.2) is 4.39 Å². The van der Waals surface area contributed by atoms with Crippen LogP contribution < -0.4 is 9.47 Å². The molecule has 3 aromatic rings. The Morgan fingerprint density at radius 3 is 2.63 bits per heavy atom. The number of nitrogens with zero attached hydrogens (tertiary/aromatic N) is 2. The molecule has 0 saturated carbocycles. The van der Waals surface area contributed by atoms with E-state index in [1.807, 2.05) is 25.2 Å². The van der Waals surface area contributed by atoms with E-state index in [2.05, 4.69) is 17.0 Å². The van der Waals surface area contributed by atoms with Gasteiger partial charge in [0.1, 0.15) is 11.6 Å². The van der Waals surface area contributed by atoms with Crippen molar-refractivity contribution in [2.45, 2.75) is 38.8 Å². The molecule has 0 aliphatic carbocycles. The quantitative estimate of drug-likeness (QED) is 0.476. The van der Waals surface area contributed by atoms with Gasteiger partial charge in [-0.2, -0.15) is 0 Å². The maximum Gasteiger partial charge on any atom is 0.257 e. The second-order valence-corrected chi connectivity index (χ2v) is 9.47. The second-order valence-electron chi connectivity index (χ2n) is 9.47. The number of likely N-dealkylation sites (tertiary alicyclic amines) is 1. The van der Waals surface area contributed by atoms with Gasteiger partial charge in [-0.05, 0) is 80.6 Å². The summed E-state index contributed by atoms with van der Waals surface area (Å²) in [5, 5.41) is 0. The minimum atomic E-state index is -0.224. The summed E-state index contributed by atoms with van der Waals surface area (Å²) in [5.41, 5.74) is 2.40. The van der Waals surface area contributed by atoms with Gasteiger partial charge in [-0.1, -0.05) is 24.3 Å². The van der Waals surface area contributed by atoms with Gasteiger partial charge < -0.3 is 18.8 Å². The van der Waals surface area contributed by atoms with Crippen LogP contribution in [0.4, 0.5) is 4.39 Å². The number of hydrogen-bond donors (Lipinski definition) is 0. The van der Waals surface area contributed by atoms with Crippen LogP contribution in [0.25, 0.3) is 0 Å². The first kappa shape index (κ1) is 23.4. The molecule has 1 atom stereocenters. The zero-order valence-electron chi connectivity index (χ0n) is 20.2. The summed E-state index contributed by atoms with van der Waals surface area (Å²) in [7, 11) is 1.83. The largest absolute Gasteiger partial charge is 0.469 e. The average Bonchev–Trinajstić information content (AvgIpc) is 3.52. The first-order valence-corrected chi connectivity index (χ1v) is 12.1. The van der Waals surface area contributed by atoms with Gasteiger partial charge in [-0.15, -0.1) is 0 Å². The molecule has 0 radical (unpaired) electrons. The Kier molecular flexibility index (Phi) is 6.77. The van der Waals surface area contributed by atoms with Crippen LogP contribution in [0.2, 0.25) is 0 Å². The van der Waals surface area contributed by atoms with Gasteiger partial charge >= 0.3 is 0 Å². The zero-order valence-corrected chi connectivity index (χ0v) is 20.2. The number of rotatable bonds is 7. The van der Waals surface area contributed by atoms with Crippen LogP contribution in [-0.4, -0.2) is 48.7 Å². The van der Waals surface area contributed by atoms with Crippen molar-refractivity contribution < 1.29 is 23.1 Å². The van der Waals surface area contributed by atoms with E-state index < -0.39 is 0 Å². The third-order valence-corrected chi connectivity index (χ3v) is 7.31. The Morgan fingerprint density at radius 2 is 1.89 bits per heavy atom. The molecule has 1 saturated heterocycles. The number of halogens is 1. The minimum Gasteiger partial charge on any atom is -0.469 e. The molecule has 0 unspecified atom stereocenters. The molecule has 1 aromatic heterocycles. The summed E-state index contributed by atoms with van der Waals surface area (Å²) < 4.78 is 30.9. The molecule has 3 heterocycles. The predicted molar refractivity (Wildman–Crippen MR) is 130 cm³/mol. The SMILES string of the molecule is Cc1occc1C(=O)N(C)[C@H](Cc1ccccc1F)C1CCN(Cc2ccc3c(c2)OCO3)CC1. The standard InChI is InChI=1S/C28H31FN2O4/c1-19-23(11-14-33-19)28(32)30(2)25(16-22-5-3-4-6-24(22)29)21-9-12-31(13-10-21)17-20-7-8-26-27(15-20)35-18-34-26/h3-8,11,14-15,21,25H,9-10,12-13,16-18H2,1-2H3/t25-/m1/s1. The van der Waals surface area contributed by atoms with Crippen LogP contribution in [0, 0.1) is 18.7 Å². The topological polar surface area (TPSA) is 55.2 Å². The highest BCUT2D eigenvalue weighted by Crippen LogP contribution is 2.34. The number of benzene rings is 2.